The average Bonchev–Trinajstić information content (AvgIpc) is 2.71. The van der Waals surface area contributed by atoms with E-state index in [4.69, 9.17) is 11.6 Å². The van der Waals surface area contributed by atoms with E-state index in [0.717, 1.165) is 29.7 Å². The second-order valence-corrected chi connectivity index (χ2v) is 5.25. The van der Waals surface area contributed by atoms with Crippen LogP contribution in [0.15, 0.2) is 23.6 Å². The van der Waals surface area contributed by atoms with Crippen LogP contribution in [0.3, 0.4) is 0 Å². The molecule has 0 aliphatic heterocycles. The van der Waals surface area contributed by atoms with Crippen molar-refractivity contribution in [1.82, 2.24) is 4.90 Å². The van der Waals surface area contributed by atoms with Crippen molar-refractivity contribution in [1.29, 1.82) is 0 Å². The van der Waals surface area contributed by atoms with E-state index < -0.39 is 0 Å². The smallest absolute Gasteiger partial charge is 0.123 e. The topological polar surface area (TPSA) is 3.24 Å². The molecule has 2 aromatic rings. The number of halogens is 2. The molecule has 0 fully saturated rings. The summed E-state index contributed by atoms with van der Waals surface area (Å²) in [7, 11) is 0. The largest absolute Gasteiger partial charge is 0.298 e. The highest BCUT2D eigenvalue weighted by molar-refractivity contribution is 7.17. The van der Waals surface area contributed by atoms with Crippen molar-refractivity contribution in [3.8, 4) is 0 Å². The summed E-state index contributed by atoms with van der Waals surface area (Å²) in [5.74, 6) is 0.460. The number of alkyl halides is 1. The van der Waals surface area contributed by atoms with E-state index in [1.807, 2.05) is 6.07 Å². The van der Waals surface area contributed by atoms with E-state index in [0.29, 0.717) is 5.88 Å². The van der Waals surface area contributed by atoms with Crippen molar-refractivity contribution >= 4 is 33.0 Å². The van der Waals surface area contributed by atoms with Gasteiger partial charge in [0.2, 0.25) is 0 Å². The molecule has 0 aliphatic rings. The Bertz CT molecular complexity index is 497. The third kappa shape index (κ3) is 2.97. The van der Waals surface area contributed by atoms with Gasteiger partial charge in [0.1, 0.15) is 5.82 Å². The number of nitrogens with zero attached hydrogens (tertiary/aromatic N) is 1. The Morgan fingerprint density at radius 3 is 2.94 bits per heavy atom. The molecule has 1 heterocycles. The molecular weight excluding hydrogens is 257 g/mol. The molecule has 0 spiro atoms. The van der Waals surface area contributed by atoms with Crippen molar-refractivity contribution in [2.75, 3.05) is 19.0 Å². The summed E-state index contributed by atoms with van der Waals surface area (Å²) in [5, 5.41) is 3.14. The SMILES string of the molecule is CCN(CCCl)Cc1csc2ccc(F)cc12. The highest BCUT2D eigenvalue weighted by Gasteiger charge is 2.09. The molecule has 2 rings (SSSR count). The Hall–Kier alpha value is -0.640. The summed E-state index contributed by atoms with van der Waals surface area (Å²) in [5.41, 5.74) is 1.19. The highest BCUT2D eigenvalue weighted by Crippen LogP contribution is 2.27. The van der Waals surface area contributed by atoms with Gasteiger partial charge >= 0.3 is 0 Å². The standard InChI is InChI=1S/C13H15ClFNS/c1-2-16(6-5-14)8-10-9-17-13-4-3-11(15)7-12(10)13/h3-4,7,9H,2,5-6,8H2,1H3. The van der Waals surface area contributed by atoms with Crippen LogP contribution in [-0.2, 0) is 6.54 Å². The third-order valence-electron chi connectivity index (χ3n) is 2.86. The van der Waals surface area contributed by atoms with Gasteiger partial charge in [-0.15, -0.1) is 22.9 Å². The summed E-state index contributed by atoms with van der Waals surface area (Å²) in [6, 6.07) is 4.98. The van der Waals surface area contributed by atoms with E-state index in [1.165, 1.54) is 11.6 Å². The number of benzene rings is 1. The van der Waals surface area contributed by atoms with Gasteiger partial charge in [0.05, 0.1) is 0 Å². The van der Waals surface area contributed by atoms with Crippen LogP contribution in [0.25, 0.3) is 10.1 Å². The zero-order valence-electron chi connectivity index (χ0n) is 9.75. The molecule has 0 bridgehead atoms. The molecule has 1 aromatic heterocycles. The lowest BCUT2D eigenvalue weighted by Gasteiger charge is -2.18. The van der Waals surface area contributed by atoms with Crippen molar-refractivity contribution in [2.45, 2.75) is 13.5 Å². The number of fused-ring (bicyclic) bond motifs is 1. The molecule has 4 heteroatoms. The lowest BCUT2D eigenvalue weighted by Crippen LogP contribution is -2.24. The summed E-state index contributed by atoms with van der Waals surface area (Å²) >= 11 is 7.43. The Balaban J connectivity index is 2.26. The lowest BCUT2D eigenvalue weighted by atomic mass is 10.1. The zero-order chi connectivity index (χ0) is 12.3. The quantitative estimate of drug-likeness (QED) is 0.740. The van der Waals surface area contributed by atoms with Crippen LogP contribution in [-0.4, -0.2) is 23.9 Å². The Morgan fingerprint density at radius 1 is 1.41 bits per heavy atom. The molecule has 1 aromatic carbocycles. The molecule has 0 amide bonds. The maximum atomic E-state index is 13.2. The number of thiophene rings is 1. The van der Waals surface area contributed by atoms with Crippen molar-refractivity contribution in [2.24, 2.45) is 0 Å². The number of hydrogen-bond acceptors (Lipinski definition) is 2. The molecule has 1 nitrogen and oxygen atoms in total. The predicted molar refractivity (Wildman–Crippen MR) is 73.5 cm³/mol. The van der Waals surface area contributed by atoms with Crippen LogP contribution in [0.4, 0.5) is 4.39 Å². The fourth-order valence-corrected chi connectivity index (χ4v) is 3.06. The second-order valence-electron chi connectivity index (χ2n) is 3.96. The lowest BCUT2D eigenvalue weighted by molar-refractivity contribution is 0.299. The molecule has 17 heavy (non-hydrogen) atoms. The molecule has 0 saturated heterocycles. The number of rotatable bonds is 5. The van der Waals surface area contributed by atoms with Gasteiger partial charge in [0.15, 0.2) is 0 Å². The van der Waals surface area contributed by atoms with Gasteiger partial charge in [-0.25, -0.2) is 4.39 Å². The van der Waals surface area contributed by atoms with Gasteiger partial charge < -0.3 is 0 Å². The fourth-order valence-electron chi connectivity index (χ4n) is 1.89. The van der Waals surface area contributed by atoms with Crippen LogP contribution in [0.1, 0.15) is 12.5 Å². The minimum atomic E-state index is -0.169. The molecular formula is C13H15ClFNS. The first kappa shape index (κ1) is 12.8. The van der Waals surface area contributed by atoms with E-state index in [2.05, 4.69) is 17.2 Å². The van der Waals surface area contributed by atoms with Gasteiger partial charge in [-0.2, -0.15) is 0 Å². The molecule has 0 aliphatic carbocycles. The molecule has 92 valence electrons. The van der Waals surface area contributed by atoms with Crippen LogP contribution in [0.2, 0.25) is 0 Å². The third-order valence-corrected chi connectivity index (χ3v) is 4.04. The van der Waals surface area contributed by atoms with Gasteiger partial charge in [-0.3, -0.25) is 4.90 Å². The first-order valence-corrected chi connectivity index (χ1v) is 7.10. The molecule has 0 radical (unpaired) electrons. The second kappa shape index (κ2) is 5.80. The van der Waals surface area contributed by atoms with Crippen LogP contribution < -0.4 is 0 Å². The van der Waals surface area contributed by atoms with Crippen molar-refractivity contribution in [3.63, 3.8) is 0 Å². The van der Waals surface area contributed by atoms with E-state index in [9.17, 15) is 4.39 Å². The number of hydrogen-bond donors (Lipinski definition) is 0. The molecule has 0 unspecified atom stereocenters. The minimum Gasteiger partial charge on any atom is -0.298 e. The molecule has 0 atom stereocenters. The van der Waals surface area contributed by atoms with Crippen LogP contribution in [0.5, 0.6) is 0 Å². The molecule has 0 saturated carbocycles. The fraction of sp³-hybridized carbons (Fsp3) is 0.385. The monoisotopic (exact) mass is 271 g/mol. The first-order valence-electron chi connectivity index (χ1n) is 5.68. The van der Waals surface area contributed by atoms with E-state index >= 15 is 0 Å². The van der Waals surface area contributed by atoms with Crippen molar-refractivity contribution in [3.05, 3.63) is 35.0 Å². The normalized spacial score (nSPS) is 11.5. The van der Waals surface area contributed by atoms with Gasteiger partial charge in [-0.05, 0) is 41.1 Å². The van der Waals surface area contributed by atoms with Gasteiger partial charge in [0, 0.05) is 23.7 Å². The van der Waals surface area contributed by atoms with E-state index in [-0.39, 0.29) is 5.82 Å². The average molecular weight is 272 g/mol. The Labute approximate surface area is 110 Å². The maximum absolute atomic E-state index is 13.2. The highest BCUT2D eigenvalue weighted by atomic mass is 35.5. The maximum Gasteiger partial charge on any atom is 0.123 e. The Kier molecular flexibility index (Phi) is 4.37. The summed E-state index contributed by atoms with van der Waals surface area (Å²) in [6.45, 7) is 4.78. The summed E-state index contributed by atoms with van der Waals surface area (Å²) < 4.78 is 14.4. The van der Waals surface area contributed by atoms with Crippen molar-refractivity contribution < 1.29 is 4.39 Å². The minimum absolute atomic E-state index is 0.169. The zero-order valence-corrected chi connectivity index (χ0v) is 11.3. The van der Waals surface area contributed by atoms with Crippen LogP contribution in [0, 0.1) is 5.82 Å². The van der Waals surface area contributed by atoms with Gasteiger partial charge in [0.25, 0.3) is 0 Å². The summed E-state index contributed by atoms with van der Waals surface area (Å²) in [4.78, 5) is 2.26. The van der Waals surface area contributed by atoms with Gasteiger partial charge in [-0.1, -0.05) is 6.92 Å². The Morgan fingerprint density at radius 2 is 2.24 bits per heavy atom. The molecule has 0 N–H and O–H groups in total. The van der Waals surface area contributed by atoms with E-state index in [1.54, 1.807) is 17.4 Å². The predicted octanol–water partition coefficient (Wildman–Crippen LogP) is 4.10. The first-order chi connectivity index (χ1) is 8.24. The van der Waals surface area contributed by atoms with Crippen LogP contribution >= 0.6 is 22.9 Å². The summed E-state index contributed by atoms with van der Waals surface area (Å²) in [6.07, 6.45) is 0.